The van der Waals surface area contributed by atoms with Gasteiger partial charge in [0.2, 0.25) is 11.7 Å². The van der Waals surface area contributed by atoms with Crippen LogP contribution in [-0.2, 0) is 0 Å². The molecule has 0 aromatic carbocycles. The Hall–Kier alpha value is -3.55. The van der Waals surface area contributed by atoms with Crippen LogP contribution in [0.4, 0.5) is 0 Å². The third-order valence-corrected chi connectivity index (χ3v) is 5.00. The van der Waals surface area contributed by atoms with Crippen molar-refractivity contribution >= 4 is 11.6 Å². The summed E-state index contributed by atoms with van der Waals surface area (Å²) in [6.45, 7) is 2.60. The van der Waals surface area contributed by atoms with Crippen molar-refractivity contribution in [2.24, 2.45) is 0 Å². The number of nitrogens with zero attached hydrogens (tertiary/aromatic N) is 6. The normalized spacial score (nSPS) is 16.8. The van der Waals surface area contributed by atoms with Gasteiger partial charge < -0.3 is 13.8 Å². The van der Waals surface area contributed by atoms with Crippen LogP contribution in [0, 0.1) is 6.92 Å². The molecule has 0 aliphatic carbocycles. The van der Waals surface area contributed by atoms with E-state index in [9.17, 15) is 4.79 Å². The molecule has 0 bridgehead atoms. The van der Waals surface area contributed by atoms with Gasteiger partial charge >= 0.3 is 0 Å². The quantitative estimate of drug-likeness (QED) is 0.547. The van der Waals surface area contributed by atoms with Gasteiger partial charge in [-0.1, -0.05) is 5.16 Å². The van der Waals surface area contributed by atoms with Crippen LogP contribution in [0.5, 0.6) is 0 Å². The highest BCUT2D eigenvalue weighted by Gasteiger charge is 2.34. The average molecular weight is 374 g/mol. The molecular weight excluding hydrogens is 356 g/mol. The van der Waals surface area contributed by atoms with Gasteiger partial charge in [0.25, 0.3) is 5.91 Å². The first-order valence-corrected chi connectivity index (χ1v) is 9.19. The summed E-state index contributed by atoms with van der Waals surface area (Å²) < 4.78 is 7.38. The van der Waals surface area contributed by atoms with Crippen LogP contribution in [0.3, 0.4) is 0 Å². The predicted molar refractivity (Wildman–Crippen MR) is 100 cm³/mol. The fourth-order valence-electron chi connectivity index (χ4n) is 3.67. The van der Waals surface area contributed by atoms with Crippen molar-refractivity contribution in [1.82, 2.24) is 29.4 Å². The maximum absolute atomic E-state index is 13.2. The molecule has 5 heterocycles. The number of fused-ring (bicyclic) bond motifs is 1. The van der Waals surface area contributed by atoms with Crippen LogP contribution in [0.25, 0.3) is 17.0 Å². The highest BCUT2D eigenvalue weighted by atomic mass is 16.5. The van der Waals surface area contributed by atoms with Crippen molar-refractivity contribution in [3.05, 3.63) is 66.2 Å². The van der Waals surface area contributed by atoms with Gasteiger partial charge in [-0.25, -0.2) is 4.98 Å². The molecule has 1 atom stereocenters. The molecule has 1 aliphatic rings. The first kappa shape index (κ1) is 16.6. The lowest BCUT2D eigenvalue weighted by Crippen LogP contribution is -2.30. The third kappa shape index (κ3) is 2.83. The number of aryl methyl sites for hydroxylation is 1. The summed E-state index contributed by atoms with van der Waals surface area (Å²) in [6, 6.07) is 7.12. The maximum Gasteiger partial charge on any atom is 0.256 e. The molecule has 5 rings (SSSR count). The average Bonchev–Trinajstić information content (AvgIpc) is 3.45. The van der Waals surface area contributed by atoms with Crippen LogP contribution in [0.1, 0.15) is 40.8 Å². The molecule has 8 heteroatoms. The van der Waals surface area contributed by atoms with Crippen molar-refractivity contribution in [2.45, 2.75) is 25.8 Å². The number of hydrogen-bond donors (Lipinski definition) is 0. The van der Waals surface area contributed by atoms with E-state index in [1.807, 2.05) is 52.9 Å². The second-order valence-electron chi connectivity index (χ2n) is 6.91. The van der Waals surface area contributed by atoms with Gasteiger partial charge in [0, 0.05) is 36.9 Å². The Kier molecular flexibility index (Phi) is 3.89. The molecule has 28 heavy (non-hydrogen) atoms. The van der Waals surface area contributed by atoms with Crippen molar-refractivity contribution in [3.63, 3.8) is 0 Å². The van der Waals surface area contributed by atoms with E-state index in [1.54, 1.807) is 12.4 Å². The van der Waals surface area contributed by atoms with Crippen molar-refractivity contribution in [1.29, 1.82) is 0 Å². The Morgan fingerprint density at radius 2 is 2.00 bits per heavy atom. The summed E-state index contributed by atoms with van der Waals surface area (Å²) in [7, 11) is 0. The van der Waals surface area contributed by atoms with Gasteiger partial charge in [-0.15, -0.1) is 0 Å². The number of amides is 1. The van der Waals surface area contributed by atoms with E-state index in [0.29, 0.717) is 23.8 Å². The second kappa shape index (κ2) is 6.56. The first-order valence-electron chi connectivity index (χ1n) is 9.19. The van der Waals surface area contributed by atoms with Gasteiger partial charge in [0.05, 0.1) is 11.3 Å². The number of likely N-dealkylation sites (tertiary alicyclic amines) is 1. The smallest absolute Gasteiger partial charge is 0.256 e. The van der Waals surface area contributed by atoms with Crippen molar-refractivity contribution < 1.29 is 9.32 Å². The maximum atomic E-state index is 13.2. The first-order chi connectivity index (χ1) is 13.7. The molecule has 8 nitrogen and oxygen atoms in total. The number of imidazole rings is 1. The predicted octanol–water partition coefficient (Wildman–Crippen LogP) is 3.07. The van der Waals surface area contributed by atoms with Gasteiger partial charge in [0.1, 0.15) is 11.7 Å². The topological polar surface area (TPSA) is 89.4 Å². The van der Waals surface area contributed by atoms with Gasteiger partial charge in [-0.3, -0.25) is 9.78 Å². The number of pyridine rings is 2. The summed E-state index contributed by atoms with van der Waals surface area (Å²) in [5.74, 6) is 0.934. The third-order valence-electron chi connectivity index (χ3n) is 5.00. The van der Waals surface area contributed by atoms with E-state index in [1.165, 1.54) is 0 Å². The summed E-state index contributed by atoms with van der Waals surface area (Å²) in [6.07, 6.45) is 8.80. The van der Waals surface area contributed by atoms with Crippen molar-refractivity contribution in [3.8, 4) is 11.4 Å². The zero-order valence-electron chi connectivity index (χ0n) is 15.3. The van der Waals surface area contributed by atoms with E-state index in [0.717, 1.165) is 29.7 Å². The van der Waals surface area contributed by atoms with Gasteiger partial charge in [-0.05, 0) is 44.0 Å². The number of rotatable bonds is 3. The van der Waals surface area contributed by atoms with Crippen molar-refractivity contribution in [2.75, 3.05) is 6.54 Å². The van der Waals surface area contributed by atoms with Crippen LogP contribution in [-0.4, -0.2) is 41.9 Å². The van der Waals surface area contributed by atoms with E-state index in [4.69, 9.17) is 4.52 Å². The molecule has 140 valence electrons. The molecule has 0 radical (unpaired) electrons. The lowest BCUT2D eigenvalue weighted by Gasteiger charge is -2.21. The SMILES string of the molecule is Cc1cn2cc(C(=O)N3CCC[C@H]3c3nc(-c4ccncc4)no3)ccc2n1. The highest BCUT2D eigenvalue weighted by molar-refractivity contribution is 5.94. The minimum Gasteiger partial charge on any atom is -0.337 e. The largest absolute Gasteiger partial charge is 0.337 e. The molecule has 4 aromatic rings. The molecule has 0 spiro atoms. The summed E-state index contributed by atoms with van der Waals surface area (Å²) in [4.78, 5) is 27.9. The Morgan fingerprint density at radius 3 is 2.86 bits per heavy atom. The Morgan fingerprint density at radius 1 is 1.14 bits per heavy atom. The molecule has 1 fully saturated rings. The number of carbonyl (C=O) groups is 1. The van der Waals surface area contributed by atoms with Crippen LogP contribution in [0.2, 0.25) is 0 Å². The Bertz CT molecular complexity index is 1150. The van der Waals surface area contributed by atoms with Crippen LogP contribution < -0.4 is 0 Å². The van der Waals surface area contributed by atoms with Gasteiger partial charge in [-0.2, -0.15) is 4.98 Å². The second-order valence-corrected chi connectivity index (χ2v) is 6.91. The molecule has 1 aliphatic heterocycles. The van der Waals surface area contributed by atoms with Gasteiger partial charge in [0.15, 0.2) is 0 Å². The summed E-state index contributed by atoms with van der Waals surface area (Å²) >= 11 is 0. The lowest BCUT2D eigenvalue weighted by molar-refractivity contribution is 0.0709. The molecule has 1 saturated heterocycles. The zero-order chi connectivity index (χ0) is 19.1. The summed E-state index contributed by atoms with van der Waals surface area (Å²) in [5.41, 5.74) is 3.19. The molecule has 0 N–H and O–H groups in total. The minimum atomic E-state index is -0.212. The molecule has 4 aromatic heterocycles. The number of hydrogen-bond acceptors (Lipinski definition) is 6. The number of aromatic nitrogens is 5. The zero-order valence-corrected chi connectivity index (χ0v) is 15.3. The van der Waals surface area contributed by atoms with E-state index in [2.05, 4.69) is 20.1 Å². The summed E-state index contributed by atoms with van der Waals surface area (Å²) in [5, 5.41) is 4.08. The highest BCUT2D eigenvalue weighted by Crippen LogP contribution is 2.33. The van der Waals surface area contributed by atoms with E-state index < -0.39 is 0 Å². The molecular formula is C20H18N6O2. The van der Waals surface area contributed by atoms with Crippen LogP contribution in [0.15, 0.2) is 53.6 Å². The number of carbonyl (C=O) groups excluding carboxylic acids is 1. The Balaban J connectivity index is 1.43. The minimum absolute atomic E-state index is 0.0422. The van der Waals surface area contributed by atoms with E-state index >= 15 is 0 Å². The lowest BCUT2D eigenvalue weighted by atomic mass is 10.2. The standard InChI is InChI=1S/C20H18N6O2/c1-13-11-25-12-15(4-5-17(25)22-13)20(27)26-10-2-3-16(26)19-23-18(24-28-19)14-6-8-21-9-7-14/h4-9,11-12,16H,2-3,10H2,1H3/t16-/m0/s1. The Labute approximate surface area is 160 Å². The molecule has 0 saturated carbocycles. The fraction of sp³-hybridized carbons (Fsp3) is 0.250. The van der Waals surface area contributed by atoms with Crippen LogP contribution >= 0.6 is 0 Å². The molecule has 1 amide bonds. The molecule has 0 unspecified atom stereocenters. The van der Waals surface area contributed by atoms with E-state index in [-0.39, 0.29) is 11.9 Å². The fourth-order valence-corrected chi connectivity index (χ4v) is 3.67. The monoisotopic (exact) mass is 374 g/mol.